The molecule has 0 amide bonds. The van der Waals surface area contributed by atoms with Crippen molar-refractivity contribution in [3.8, 4) is 5.88 Å². The highest BCUT2D eigenvalue weighted by atomic mass is 32.1. The molecule has 138 valence electrons. The molecule has 0 radical (unpaired) electrons. The van der Waals surface area contributed by atoms with Crippen LogP contribution in [0.4, 0.5) is 4.39 Å². The SMILES string of the molecule is OCC[NH+]1CC[NH+]([C@H](c2ccc(F)cc2)c2sc3ncnn3c2O)CC1. The molecule has 0 unspecified atom stereocenters. The highest BCUT2D eigenvalue weighted by Gasteiger charge is 2.35. The topological polar surface area (TPSA) is 79.5 Å². The Labute approximate surface area is 153 Å². The number of nitrogens with one attached hydrogen (secondary N) is 2. The Morgan fingerprint density at radius 2 is 1.92 bits per heavy atom. The van der Waals surface area contributed by atoms with Crippen LogP contribution in [0.3, 0.4) is 0 Å². The molecule has 1 aliphatic heterocycles. The molecule has 4 rings (SSSR count). The van der Waals surface area contributed by atoms with Crippen LogP contribution in [0.15, 0.2) is 30.6 Å². The predicted octanol–water partition coefficient (Wildman–Crippen LogP) is -1.50. The van der Waals surface area contributed by atoms with Gasteiger partial charge in [-0.15, -0.1) is 0 Å². The van der Waals surface area contributed by atoms with E-state index in [9.17, 15) is 9.50 Å². The standard InChI is InChI=1S/C17H20FN5O2S/c18-13-3-1-12(2-4-13)14(22-7-5-21(6-8-22)9-10-24)15-16(25)23-17(26-15)19-11-20-23/h1-4,11,14,24-25H,5-10H2/p+2/t14-/m1/s1. The zero-order valence-corrected chi connectivity index (χ0v) is 15.0. The second kappa shape index (κ2) is 7.28. The van der Waals surface area contributed by atoms with Gasteiger partial charge in [0.15, 0.2) is 6.04 Å². The normalized spacial score (nSPS) is 21.9. The van der Waals surface area contributed by atoms with Crippen molar-refractivity contribution in [3.05, 3.63) is 46.9 Å². The molecular weight excluding hydrogens is 357 g/mol. The summed E-state index contributed by atoms with van der Waals surface area (Å²) >= 11 is 1.42. The number of thiazole rings is 1. The van der Waals surface area contributed by atoms with Crippen molar-refractivity contribution in [2.45, 2.75) is 6.04 Å². The van der Waals surface area contributed by atoms with Crippen LogP contribution < -0.4 is 9.80 Å². The number of aliphatic hydroxyl groups excluding tert-OH is 1. The van der Waals surface area contributed by atoms with Gasteiger partial charge in [0.05, 0.1) is 6.61 Å². The summed E-state index contributed by atoms with van der Waals surface area (Å²) in [6.07, 6.45) is 1.42. The highest BCUT2D eigenvalue weighted by molar-refractivity contribution is 7.17. The van der Waals surface area contributed by atoms with E-state index in [1.54, 1.807) is 12.1 Å². The molecule has 1 aromatic carbocycles. The third kappa shape index (κ3) is 3.18. The number of benzene rings is 1. The number of nitrogens with zero attached hydrogens (tertiary/aromatic N) is 3. The number of halogens is 1. The first-order valence-electron chi connectivity index (χ1n) is 8.73. The van der Waals surface area contributed by atoms with Crippen molar-refractivity contribution >= 4 is 16.3 Å². The van der Waals surface area contributed by atoms with E-state index in [1.807, 2.05) is 0 Å². The maximum atomic E-state index is 13.4. The monoisotopic (exact) mass is 379 g/mol. The third-order valence-corrected chi connectivity index (χ3v) is 6.18. The largest absolute Gasteiger partial charge is 0.492 e. The molecule has 7 nitrogen and oxygen atoms in total. The Kier molecular flexibility index (Phi) is 4.86. The van der Waals surface area contributed by atoms with Crippen LogP contribution in [-0.4, -0.2) is 64.1 Å². The lowest BCUT2D eigenvalue weighted by molar-refractivity contribution is -1.02. The summed E-state index contributed by atoms with van der Waals surface area (Å²) in [4.78, 5) is 8.33. The van der Waals surface area contributed by atoms with Crippen LogP contribution in [-0.2, 0) is 0 Å². The Bertz CT molecular complexity index is 873. The van der Waals surface area contributed by atoms with Gasteiger partial charge in [0.25, 0.3) is 0 Å². The summed E-state index contributed by atoms with van der Waals surface area (Å²) < 4.78 is 14.9. The molecule has 0 spiro atoms. The molecule has 1 atom stereocenters. The van der Waals surface area contributed by atoms with Crippen LogP contribution in [0.2, 0.25) is 0 Å². The summed E-state index contributed by atoms with van der Waals surface area (Å²) in [7, 11) is 0. The number of piperazine rings is 1. The van der Waals surface area contributed by atoms with Crippen LogP contribution in [0.5, 0.6) is 5.88 Å². The van der Waals surface area contributed by atoms with E-state index in [0.717, 1.165) is 43.2 Å². The van der Waals surface area contributed by atoms with Gasteiger partial charge in [-0.05, 0) is 24.3 Å². The second-order valence-corrected chi connectivity index (χ2v) is 7.62. The number of rotatable bonds is 5. The molecule has 3 heterocycles. The minimum Gasteiger partial charge on any atom is -0.492 e. The van der Waals surface area contributed by atoms with Gasteiger partial charge in [0.1, 0.15) is 49.7 Å². The highest BCUT2D eigenvalue weighted by Crippen LogP contribution is 2.34. The van der Waals surface area contributed by atoms with Gasteiger partial charge in [-0.3, -0.25) is 0 Å². The molecule has 0 aliphatic carbocycles. The van der Waals surface area contributed by atoms with Gasteiger partial charge in [0.2, 0.25) is 10.8 Å². The second-order valence-electron chi connectivity index (χ2n) is 6.61. The van der Waals surface area contributed by atoms with E-state index in [1.165, 1.54) is 44.1 Å². The van der Waals surface area contributed by atoms with Crippen molar-refractivity contribution < 1.29 is 24.4 Å². The summed E-state index contributed by atoms with van der Waals surface area (Å²) in [6, 6.07) is 6.40. The number of hydrogen-bond donors (Lipinski definition) is 4. The van der Waals surface area contributed by atoms with Crippen molar-refractivity contribution in [3.63, 3.8) is 0 Å². The Balaban J connectivity index is 1.69. The van der Waals surface area contributed by atoms with Gasteiger partial charge < -0.3 is 20.0 Å². The molecule has 0 saturated carbocycles. The summed E-state index contributed by atoms with van der Waals surface area (Å²) in [5.74, 6) is -0.166. The average Bonchev–Trinajstić information content (AvgIpc) is 3.22. The fourth-order valence-corrected chi connectivity index (χ4v) is 4.85. The molecule has 1 aliphatic rings. The predicted molar refractivity (Wildman–Crippen MR) is 94.1 cm³/mol. The molecule has 4 N–H and O–H groups in total. The minimum atomic E-state index is -0.272. The van der Waals surface area contributed by atoms with Gasteiger partial charge in [-0.1, -0.05) is 11.3 Å². The van der Waals surface area contributed by atoms with E-state index in [-0.39, 0.29) is 24.3 Å². The number of aromatic hydroxyl groups is 1. The van der Waals surface area contributed by atoms with Crippen LogP contribution in [0.25, 0.3) is 4.96 Å². The molecule has 1 saturated heterocycles. The van der Waals surface area contributed by atoms with Gasteiger partial charge >= 0.3 is 0 Å². The van der Waals surface area contributed by atoms with E-state index < -0.39 is 0 Å². The molecule has 0 bridgehead atoms. The smallest absolute Gasteiger partial charge is 0.235 e. The van der Waals surface area contributed by atoms with Crippen molar-refractivity contribution in [2.24, 2.45) is 0 Å². The maximum Gasteiger partial charge on any atom is 0.235 e. The van der Waals surface area contributed by atoms with Crippen LogP contribution in [0, 0.1) is 5.82 Å². The summed E-state index contributed by atoms with van der Waals surface area (Å²) in [5, 5.41) is 23.9. The fourth-order valence-electron chi connectivity index (χ4n) is 3.73. The third-order valence-electron chi connectivity index (χ3n) is 5.08. The van der Waals surface area contributed by atoms with Crippen molar-refractivity contribution in [1.29, 1.82) is 0 Å². The molecule has 2 aromatic heterocycles. The average molecular weight is 379 g/mol. The lowest BCUT2D eigenvalue weighted by Crippen LogP contribution is -3.28. The molecule has 3 aromatic rings. The van der Waals surface area contributed by atoms with E-state index in [2.05, 4.69) is 10.1 Å². The zero-order chi connectivity index (χ0) is 18.1. The van der Waals surface area contributed by atoms with Crippen LogP contribution >= 0.6 is 11.3 Å². The number of fused-ring (bicyclic) bond motifs is 1. The quantitative estimate of drug-likeness (QED) is 0.435. The Hall–Kier alpha value is -2.07. The summed E-state index contributed by atoms with van der Waals surface area (Å²) in [6.45, 7) is 4.68. The first-order valence-corrected chi connectivity index (χ1v) is 9.55. The lowest BCUT2D eigenvalue weighted by atomic mass is 10.0. The van der Waals surface area contributed by atoms with Crippen LogP contribution in [0.1, 0.15) is 16.5 Å². The Morgan fingerprint density at radius 3 is 2.58 bits per heavy atom. The summed E-state index contributed by atoms with van der Waals surface area (Å²) in [5.41, 5.74) is 0.965. The molecule has 9 heteroatoms. The maximum absolute atomic E-state index is 13.4. The fraction of sp³-hybridized carbons (Fsp3) is 0.412. The van der Waals surface area contributed by atoms with Gasteiger partial charge in [-0.25, -0.2) is 9.37 Å². The zero-order valence-electron chi connectivity index (χ0n) is 14.2. The molecule has 26 heavy (non-hydrogen) atoms. The molecule has 1 fully saturated rings. The number of hydrogen-bond acceptors (Lipinski definition) is 5. The number of aromatic nitrogens is 3. The van der Waals surface area contributed by atoms with E-state index >= 15 is 0 Å². The number of aliphatic hydroxyl groups is 1. The van der Waals surface area contributed by atoms with E-state index in [0.29, 0.717) is 4.96 Å². The lowest BCUT2D eigenvalue weighted by Gasteiger charge is -2.34. The Morgan fingerprint density at radius 1 is 1.19 bits per heavy atom. The number of quaternary nitrogens is 2. The first-order chi connectivity index (χ1) is 12.7. The van der Waals surface area contributed by atoms with E-state index in [4.69, 9.17) is 5.11 Å². The first kappa shape index (κ1) is 17.3. The molecular formula is C17H22FN5O2S+2. The van der Waals surface area contributed by atoms with Crippen molar-refractivity contribution in [1.82, 2.24) is 14.6 Å². The van der Waals surface area contributed by atoms with Gasteiger partial charge in [-0.2, -0.15) is 9.61 Å². The van der Waals surface area contributed by atoms with Crippen molar-refractivity contribution in [2.75, 3.05) is 39.3 Å². The minimum absolute atomic E-state index is 0.0974. The van der Waals surface area contributed by atoms with Gasteiger partial charge in [0, 0.05) is 5.56 Å².